The van der Waals surface area contributed by atoms with Gasteiger partial charge in [0.25, 0.3) is 83.2 Å². The zero-order valence-corrected chi connectivity index (χ0v) is 73.1. The van der Waals surface area contributed by atoms with Crippen LogP contribution in [0.25, 0.3) is 55.7 Å². The van der Waals surface area contributed by atoms with Gasteiger partial charge in [-0.15, -0.1) is 0 Å². The molecule has 0 aliphatic carbocycles. The fraction of sp³-hybridized carbons (Fsp3) is 0.0455. The summed E-state index contributed by atoms with van der Waals surface area (Å²) in [4.78, 5) is 28.2. The van der Waals surface area contributed by atoms with Gasteiger partial charge >= 0.3 is 236 Å². The molecule has 0 bridgehead atoms. The average Bonchev–Trinajstić information content (AvgIpc) is 0.758. The Bertz CT molecular complexity index is 5030. The molecule has 6 aromatic carbocycles. The van der Waals surface area contributed by atoms with Crippen molar-refractivity contribution in [3.63, 3.8) is 0 Å². The summed E-state index contributed by atoms with van der Waals surface area (Å²) in [6, 6.07) is 16.6. The van der Waals surface area contributed by atoms with E-state index in [0.717, 1.165) is 0 Å². The van der Waals surface area contributed by atoms with E-state index >= 15 is 0 Å². The van der Waals surface area contributed by atoms with Gasteiger partial charge in [-0.05, 0) is 58.7 Å². The Morgan fingerprint density at radius 2 is 0.541 bits per heavy atom. The Morgan fingerprint density at radius 1 is 0.286 bits per heavy atom. The van der Waals surface area contributed by atoms with Gasteiger partial charge in [-0.3, -0.25) is 9.59 Å². The van der Waals surface area contributed by atoms with E-state index in [1.54, 1.807) is 0 Å². The van der Waals surface area contributed by atoms with Crippen molar-refractivity contribution in [3.05, 3.63) is 141 Å². The minimum atomic E-state index is -5.99. The third-order valence-corrected chi connectivity index (χ3v) is 13.8. The van der Waals surface area contributed by atoms with Crippen molar-refractivity contribution in [1.82, 2.24) is 0 Å². The Morgan fingerprint density at radius 3 is 0.806 bits per heavy atom. The van der Waals surface area contributed by atoms with Gasteiger partial charge in [0.2, 0.25) is 22.4 Å². The first kappa shape index (κ1) is 97.0. The fourth-order valence-corrected chi connectivity index (χ4v) is 10.5. The number of hydrogen-bond acceptors (Lipinski definition) is 38. The second-order valence-electron chi connectivity index (χ2n) is 17.0. The molecule has 38 nitrogen and oxygen atoms in total. The zero-order chi connectivity index (χ0) is 66.5. The summed E-state index contributed by atoms with van der Waals surface area (Å²) in [6.07, 6.45) is 0. The Hall–Kier alpha value is -0.980. The van der Waals surface area contributed by atoms with Gasteiger partial charge in [-0.1, -0.05) is 48.5 Å². The predicted octanol–water partition coefficient (Wildman–Crippen LogP) is -23.2. The Kier molecular flexibility index (Phi) is 37.6. The summed E-state index contributed by atoms with van der Waals surface area (Å²) in [7, 11) is -46.5. The molecule has 0 N–H and O–H groups in total. The minimum absolute atomic E-state index is 0. The van der Waals surface area contributed by atoms with Gasteiger partial charge in [-0.2, -0.15) is 0 Å². The number of benzene rings is 6. The Labute approximate surface area is 730 Å². The van der Waals surface area contributed by atoms with Crippen LogP contribution < -0.4 is 290 Å². The molecule has 98 heavy (non-hydrogen) atoms. The van der Waals surface area contributed by atoms with Crippen LogP contribution >= 0.6 is 0 Å². The summed E-state index contributed by atoms with van der Waals surface area (Å²) in [5.41, 5.74) is -5.33. The van der Waals surface area contributed by atoms with Crippen molar-refractivity contribution in [2.45, 2.75) is 13.2 Å². The van der Waals surface area contributed by atoms with Crippen molar-refractivity contribution in [1.29, 1.82) is 0 Å². The molecule has 0 aliphatic heterocycles. The van der Waals surface area contributed by atoms with Crippen LogP contribution in [0, 0.1) is 0 Å². The van der Waals surface area contributed by atoms with Crippen LogP contribution in [0.5, 0.6) is 57.5 Å². The van der Waals surface area contributed by atoms with E-state index in [1.165, 1.54) is 48.5 Å². The molecule has 482 valence electrons. The molecule has 0 atom stereocenters. The van der Waals surface area contributed by atoms with Crippen LogP contribution in [-0.4, -0.2) is 104 Å². The van der Waals surface area contributed by atoms with Gasteiger partial charge in [-0.25, -0.2) is 67.3 Å². The summed E-state index contributed by atoms with van der Waals surface area (Å²) < 4.78 is 335. The molecule has 0 fully saturated rings. The molecule has 0 radical (unpaired) electrons. The van der Waals surface area contributed by atoms with Crippen LogP contribution in [0.15, 0.2) is 128 Å². The van der Waals surface area contributed by atoms with Crippen LogP contribution in [0.3, 0.4) is 0 Å². The smallest absolute Gasteiger partial charge is 0.716 e. The topological polar surface area (TPSA) is 610 Å². The van der Waals surface area contributed by atoms with Gasteiger partial charge in [0.15, 0.2) is 34.5 Å². The molecule has 0 saturated heterocycles. The molecule has 8 aromatic rings. The second kappa shape index (κ2) is 38.0. The first-order chi connectivity index (χ1) is 41.3. The summed E-state index contributed by atoms with van der Waals surface area (Å²) in [6.45, 7) is -1.20. The van der Waals surface area contributed by atoms with Gasteiger partial charge in [0, 0.05) is 35.4 Å². The molecular formula is C44H22Na8O38S8. The standard InChI is InChI=1S/C44H30O38S8.8Na/c45-39-37-33(15-27(75-83(47,48)49)17-35(37)73-41(43(39)81-89(65,66)67)25-9-11-29(77-85(53,54)55)31(13-25)79-87(59,60)61)71-19-21-1-5-23(6-2-21)24-7-3-22(4-8-24)20-72-34-16-28(76-84(50,51)52)18-36-38(34)40(46)44(82-90(68,69)70)42(74-36)26-10-12-30(78-86(56,57)58)32(14-26)80-88(62,63)64;;;;;;;;/h1-18H,19-20H2,(H,47,48,49)(H,50,51,52)(H,53,54,55)(H,56,57,58)(H,59,60,61)(H,62,63,64)(H,65,66,67)(H,68,69,70);;;;;;;;/q;8*+1/p-8. The third-order valence-electron chi connectivity index (χ3n) is 10.8. The van der Waals surface area contributed by atoms with Crippen LogP contribution in [0.2, 0.25) is 0 Å². The number of hydrogen-bond donors (Lipinski definition) is 0. The van der Waals surface area contributed by atoms with Crippen molar-refractivity contribution in [2.24, 2.45) is 0 Å². The fourth-order valence-electron chi connectivity index (χ4n) is 7.70. The maximum Gasteiger partial charge on any atom is 1.00 e. The minimum Gasteiger partial charge on any atom is -0.716 e. The zero-order valence-electron chi connectivity index (χ0n) is 50.6. The molecule has 0 unspecified atom stereocenters. The quantitative estimate of drug-likeness (QED) is 0.0291. The molecule has 0 saturated carbocycles. The Balaban J connectivity index is 0.0000118. The molecule has 0 amide bonds. The van der Waals surface area contributed by atoms with E-state index in [4.69, 9.17) is 18.3 Å². The van der Waals surface area contributed by atoms with Gasteiger partial charge < -0.3 is 88.2 Å². The largest absolute Gasteiger partial charge is 1.00 e. The van der Waals surface area contributed by atoms with E-state index in [0.29, 0.717) is 71.8 Å². The molecule has 2 heterocycles. The van der Waals surface area contributed by atoms with Crippen molar-refractivity contribution >= 4 is 105 Å². The maximum atomic E-state index is 14.1. The molecular weight excluding hydrogens is 1580 g/mol. The van der Waals surface area contributed by atoms with E-state index < -0.39 is 209 Å². The van der Waals surface area contributed by atoms with E-state index in [-0.39, 0.29) is 248 Å². The SMILES string of the molecule is O=c1c(OS(=O)(=O)[O-])c(-c2ccc(OS(=O)(=O)[O-])c(OS(=O)(=O)[O-])c2)oc2cc(OS(=O)(=O)[O-])cc(OCc3ccc(-c4ccc(COc5cc(OS(=O)(=O)[O-])cc6oc(-c7ccc(OS(=O)(=O)[O-])c(OS(=O)(=O)[O-])c7)c(OS(=O)(=O)[O-])c(=O)c56)cc4)cc3)c12.[Na+].[Na+].[Na+].[Na+].[Na+].[Na+].[Na+].[Na+]. The van der Waals surface area contributed by atoms with Gasteiger partial charge in [0.1, 0.15) is 58.2 Å². The summed E-state index contributed by atoms with van der Waals surface area (Å²) in [5, 5.41) is -1.75. The van der Waals surface area contributed by atoms with E-state index in [2.05, 4.69) is 33.5 Å². The molecule has 0 spiro atoms. The van der Waals surface area contributed by atoms with Crippen LogP contribution in [-0.2, 0) is 96.4 Å². The molecule has 0 aliphatic rings. The van der Waals surface area contributed by atoms with Crippen molar-refractivity contribution in [3.8, 4) is 91.3 Å². The third kappa shape index (κ3) is 28.7. The first-order valence-corrected chi connectivity index (χ1v) is 33.2. The summed E-state index contributed by atoms with van der Waals surface area (Å²) in [5.74, 6) is -14.3. The second-order valence-corrected chi connectivity index (χ2v) is 24.9. The monoisotopic (exact) mass is 1600 g/mol. The van der Waals surface area contributed by atoms with Crippen LogP contribution in [0.1, 0.15) is 11.1 Å². The van der Waals surface area contributed by atoms with E-state index in [1.807, 2.05) is 0 Å². The normalized spacial score (nSPS) is 11.6. The van der Waals surface area contributed by atoms with Crippen LogP contribution in [0.4, 0.5) is 0 Å². The molecule has 2 aromatic heterocycles. The average molecular weight is 1600 g/mol. The molecule has 54 heteroatoms. The molecule has 8 rings (SSSR count). The van der Waals surface area contributed by atoms with E-state index in [9.17, 15) is 113 Å². The van der Waals surface area contributed by atoms with Gasteiger partial charge in [0.05, 0.1) is 0 Å². The number of fused-ring (bicyclic) bond motifs is 2. The predicted molar refractivity (Wildman–Crippen MR) is 279 cm³/mol. The first-order valence-electron chi connectivity index (χ1n) is 22.6. The maximum absolute atomic E-state index is 14.1. The number of rotatable bonds is 25. The van der Waals surface area contributed by atoms with Crippen molar-refractivity contribution in [2.75, 3.05) is 0 Å². The number of ether oxygens (including phenoxy) is 2. The summed E-state index contributed by atoms with van der Waals surface area (Å²) >= 11 is 0. The van der Waals surface area contributed by atoms with Crippen molar-refractivity contribution < 1.29 is 392 Å².